The quantitative estimate of drug-likeness (QED) is 0.158. The topological polar surface area (TPSA) is 176 Å². The number of hydrogen-bond donors (Lipinski definition) is 3. The lowest BCUT2D eigenvalue weighted by molar-refractivity contribution is -0.147. The molecule has 1 rings (SSSR count). The van der Waals surface area contributed by atoms with Crippen LogP contribution in [0.2, 0.25) is 0 Å². The normalized spacial score (nSPS) is 17.7. The molecule has 0 aliphatic carbocycles. The first-order valence-electron chi connectivity index (χ1n) is 10.4. The van der Waals surface area contributed by atoms with Gasteiger partial charge in [-0.05, 0) is 18.4 Å². The number of carbonyl (C=O) groups is 4. The van der Waals surface area contributed by atoms with Gasteiger partial charge in [0.1, 0.15) is 6.10 Å². The van der Waals surface area contributed by atoms with Gasteiger partial charge in [0.25, 0.3) is 0 Å². The summed E-state index contributed by atoms with van der Waals surface area (Å²) in [6.45, 7) is 4.01. The van der Waals surface area contributed by atoms with Crippen LogP contribution in [0, 0.1) is 5.92 Å². The van der Waals surface area contributed by atoms with Crippen LogP contribution in [0.25, 0.3) is 10.4 Å². The maximum Gasteiger partial charge on any atom is 0.317 e. The molecule has 1 heterocycles. The highest BCUT2D eigenvalue weighted by Gasteiger charge is 2.38. The highest BCUT2D eigenvalue weighted by molar-refractivity contribution is 5.85. The van der Waals surface area contributed by atoms with E-state index in [1.165, 1.54) is 9.80 Å². The number of piperazine rings is 1. The number of nitrogens with one attached hydrogen (secondary N) is 1. The van der Waals surface area contributed by atoms with Crippen molar-refractivity contribution in [2.45, 2.75) is 51.7 Å². The van der Waals surface area contributed by atoms with Gasteiger partial charge in [-0.3, -0.25) is 24.1 Å². The third-order valence-electron chi connectivity index (χ3n) is 5.09. The molecule has 174 valence electrons. The van der Waals surface area contributed by atoms with Crippen molar-refractivity contribution in [3.8, 4) is 0 Å². The number of aliphatic carboxylic acids is 1. The fourth-order valence-corrected chi connectivity index (χ4v) is 3.34. The van der Waals surface area contributed by atoms with Gasteiger partial charge in [0, 0.05) is 56.4 Å². The minimum atomic E-state index is -1.39. The van der Waals surface area contributed by atoms with E-state index < -0.39 is 29.8 Å². The number of carboxylic acid groups (broad SMARTS) is 1. The molecule has 3 N–H and O–H groups in total. The molecule has 1 aliphatic rings. The Morgan fingerprint density at radius 2 is 1.90 bits per heavy atom. The van der Waals surface area contributed by atoms with Crippen molar-refractivity contribution >= 4 is 23.6 Å². The second kappa shape index (κ2) is 13.6. The first kappa shape index (κ1) is 26.3. The number of aliphatic hydroxyl groups is 1. The fourth-order valence-electron chi connectivity index (χ4n) is 3.34. The molecular weight excluding hydrogens is 408 g/mol. The third-order valence-corrected chi connectivity index (χ3v) is 5.09. The predicted molar refractivity (Wildman–Crippen MR) is 111 cm³/mol. The smallest absolute Gasteiger partial charge is 0.317 e. The molecule has 2 amide bonds. The summed E-state index contributed by atoms with van der Waals surface area (Å²) in [7, 11) is 0. The fraction of sp³-hybridized carbons (Fsp3) is 0.789. The molecule has 0 radical (unpaired) electrons. The lowest BCUT2D eigenvalue weighted by Crippen LogP contribution is -2.61. The Morgan fingerprint density at radius 1 is 1.19 bits per heavy atom. The lowest BCUT2D eigenvalue weighted by Gasteiger charge is -2.42. The molecule has 31 heavy (non-hydrogen) atoms. The Kier molecular flexibility index (Phi) is 11.5. The van der Waals surface area contributed by atoms with E-state index in [0.29, 0.717) is 19.4 Å². The van der Waals surface area contributed by atoms with Gasteiger partial charge in [0.2, 0.25) is 11.8 Å². The molecule has 0 saturated carbocycles. The van der Waals surface area contributed by atoms with E-state index in [1.54, 1.807) is 13.8 Å². The Balaban J connectivity index is 2.55. The van der Waals surface area contributed by atoms with Crippen LogP contribution in [0.3, 0.4) is 0 Å². The molecule has 2 unspecified atom stereocenters. The zero-order chi connectivity index (χ0) is 23.4. The summed E-state index contributed by atoms with van der Waals surface area (Å²) in [5.74, 6) is -2.34. The highest BCUT2D eigenvalue weighted by Crippen LogP contribution is 2.17. The first-order valence-corrected chi connectivity index (χ1v) is 10.4. The van der Waals surface area contributed by atoms with Crippen molar-refractivity contribution in [3.05, 3.63) is 10.4 Å². The van der Waals surface area contributed by atoms with Crippen LogP contribution in [0.5, 0.6) is 0 Å². The number of carbonyl (C=O) groups excluding carboxylic acids is 3. The molecule has 0 bridgehead atoms. The van der Waals surface area contributed by atoms with E-state index in [1.807, 2.05) is 0 Å². The number of aliphatic hydroxyl groups excluding tert-OH is 1. The Morgan fingerprint density at radius 3 is 2.52 bits per heavy atom. The van der Waals surface area contributed by atoms with Gasteiger partial charge in [0.05, 0.1) is 12.6 Å². The van der Waals surface area contributed by atoms with Crippen molar-refractivity contribution in [2.24, 2.45) is 11.0 Å². The van der Waals surface area contributed by atoms with Crippen molar-refractivity contribution in [2.75, 3.05) is 39.3 Å². The Hall–Kier alpha value is -2.69. The van der Waals surface area contributed by atoms with Crippen LogP contribution in [0.4, 0.5) is 0 Å². The molecule has 2 atom stereocenters. The largest absolute Gasteiger partial charge is 0.480 e. The number of Topliss-reactive ketones (excluding diaryl/α,β-unsaturated/α-hetero) is 1. The van der Waals surface area contributed by atoms with E-state index in [0.717, 1.165) is 0 Å². The number of hydrogen-bond acceptors (Lipinski definition) is 7. The standard InChI is InChI=1S/C19H32N6O6/c1-13(2)18(30)19(31)14-11-25(10-9-24(14)12-17(28)29)16(27)6-8-21-15(26)5-3-4-7-22-23-20/h13-14,19,31H,3-12H2,1-2H3,(H,21,26)(H,28,29). The number of nitrogens with zero attached hydrogens (tertiary/aromatic N) is 5. The van der Waals surface area contributed by atoms with E-state index in [-0.39, 0.29) is 57.4 Å². The van der Waals surface area contributed by atoms with Crippen molar-refractivity contribution in [1.29, 1.82) is 0 Å². The Labute approximate surface area is 181 Å². The lowest BCUT2D eigenvalue weighted by atomic mass is 9.95. The van der Waals surface area contributed by atoms with Crippen LogP contribution in [-0.4, -0.2) is 95.0 Å². The van der Waals surface area contributed by atoms with Gasteiger partial charge >= 0.3 is 5.97 Å². The SMILES string of the molecule is CC(C)C(=O)C(O)C1CN(C(=O)CCNC(=O)CCCCN=[N+]=[N-])CCN1CC(=O)O. The van der Waals surface area contributed by atoms with Gasteiger partial charge in [-0.25, -0.2) is 0 Å². The highest BCUT2D eigenvalue weighted by atomic mass is 16.4. The summed E-state index contributed by atoms with van der Waals surface area (Å²) < 4.78 is 0. The van der Waals surface area contributed by atoms with E-state index >= 15 is 0 Å². The van der Waals surface area contributed by atoms with Crippen LogP contribution >= 0.6 is 0 Å². The van der Waals surface area contributed by atoms with Crippen LogP contribution < -0.4 is 5.32 Å². The zero-order valence-electron chi connectivity index (χ0n) is 18.1. The average molecular weight is 441 g/mol. The first-order chi connectivity index (χ1) is 14.7. The molecule has 0 spiro atoms. The predicted octanol–water partition coefficient (Wildman–Crippen LogP) is 0.157. The van der Waals surface area contributed by atoms with Crippen molar-refractivity contribution in [1.82, 2.24) is 15.1 Å². The van der Waals surface area contributed by atoms with E-state index in [9.17, 15) is 24.3 Å². The van der Waals surface area contributed by atoms with Gasteiger partial charge < -0.3 is 20.4 Å². The maximum absolute atomic E-state index is 12.5. The number of ketones is 1. The summed E-state index contributed by atoms with van der Waals surface area (Å²) in [5, 5.41) is 25.6. The maximum atomic E-state index is 12.5. The minimum absolute atomic E-state index is 0.0408. The minimum Gasteiger partial charge on any atom is -0.480 e. The second-order valence-corrected chi connectivity index (χ2v) is 7.78. The average Bonchev–Trinajstić information content (AvgIpc) is 2.72. The summed E-state index contributed by atoms with van der Waals surface area (Å²) in [6.07, 6.45) is 0.128. The number of amides is 2. The molecular formula is C19H32N6O6. The number of carboxylic acids is 1. The van der Waals surface area contributed by atoms with Crippen molar-refractivity contribution < 1.29 is 29.4 Å². The number of azide groups is 1. The number of unbranched alkanes of at least 4 members (excludes halogenated alkanes) is 1. The summed E-state index contributed by atoms with van der Waals surface area (Å²) >= 11 is 0. The Bertz CT molecular complexity index is 693. The third kappa shape index (κ3) is 9.33. The molecule has 0 aromatic heterocycles. The molecule has 12 nitrogen and oxygen atoms in total. The molecule has 1 fully saturated rings. The summed E-state index contributed by atoms with van der Waals surface area (Å²) in [6, 6.07) is -0.797. The van der Waals surface area contributed by atoms with Gasteiger partial charge in [0.15, 0.2) is 5.78 Å². The van der Waals surface area contributed by atoms with Crippen LogP contribution in [0.15, 0.2) is 5.11 Å². The molecule has 12 heteroatoms. The van der Waals surface area contributed by atoms with Crippen molar-refractivity contribution in [3.63, 3.8) is 0 Å². The van der Waals surface area contributed by atoms with Gasteiger partial charge in [-0.15, -0.1) is 0 Å². The molecule has 1 saturated heterocycles. The molecule has 0 aromatic rings. The van der Waals surface area contributed by atoms with Gasteiger partial charge in [-0.2, -0.15) is 0 Å². The summed E-state index contributed by atoms with van der Waals surface area (Å²) in [5.41, 5.74) is 8.19. The molecule has 0 aromatic carbocycles. The number of rotatable bonds is 13. The van der Waals surface area contributed by atoms with Crippen LogP contribution in [-0.2, 0) is 19.2 Å². The van der Waals surface area contributed by atoms with Crippen LogP contribution in [0.1, 0.15) is 39.5 Å². The van der Waals surface area contributed by atoms with Gasteiger partial charge in [-0.1, -0.05) is 19.0 Å². The molecule has 1 aliphatic heterocycles. The monoisotopic (exact) mass is 440 g/mol. The van der Waals surface area contributed by atoms with E-state index in [4.69, 9.17) is 10.6 Å². The summed E-state index contributed by atoms with van der Waals surface area (Å²) in [4.78, 5) is 53.3. The van der Waals surface area contributed by atoms with E-state index in [2.05, 4.69) is 15.3 Å². The zero-order valence-corrected chi connectivity index (χ0v) is 18.1. The second-order valence-electron chi connectivity index (χ2n) is 7.78.